The molecule has 4 rings (SSSR count). The number of methoxy groups -OCH3 is 1. The van der Waals surface area contributed by atoms with Gasteiger partial charge < -0.3 is 14.4 Å². The Kier molecular flexibility index (Phi) is 12.7. The first-order valence-corrected chi connectivity index (χ1v) is 19.8. The summed E-state index contributed by atoms with van der Waals surface area (Å²) in [6.07, 6.45) is -4.28. The minimum atomic E-state index is -4.37. The van der Waals surface area contributed by atoms with E-state index in [9.17, 15) is 22.3 Å². The van der Waals surface area contributed by atoms with Crippen molar-refractivity contribution in [3.63, 3.8) is 0 Å². The molecule has 51 heavy (non-hydrogen) atoms. The number of anilines is 1. The van der Waals surface area contributed by atoms with Gasteiger partial charge in [0.1, 0.15) is 18.1 Å². The Balaban J connectivity index is 1.55. The van der Waals surface area contributed by atoms with Crippen LogP contribution in [-0.4, -0.2) is 114 Å². The topological polar surface area (TPSA) is 81.7 Å². The van der Waals surface area contributed by atoms with Crippen molar-refractivity contribution in [2.24, 2.45) is 0 Å². The first-order chi connectivity index (χ1) is 23.8. The van der Waals surface area contributed by atoms with Crippen LogP contribution in [0.3, 0.4) is 0 Å². The number of nitrogens with zero attached hydrogens (tertiary/aromatic N) is 6. The summed E-state index contributed by atoms with van der Waals surface area (Å²) in [5, 5.41) is 0.825. The number of halogens is 3. The van der Waals surface area contributed by atoms with Crippen LogP contribution in [0, 0.1) is 0 Å². The van der Waals surface area contributed by atoms with Crippen molar-refractivity contribution in [1.29, 1.82) is 0 Å². The van der Waals surface area contributed by atoms with Gasteiger partial charge in [0.25, 0.3) is 0 Å². The number of hydrogen-bond donors (Lipinski definition) is 0. The smallest absolute Gasteiger partial charge is 0.416 e. The van der Waals surface area contributed by atoms with Crippen LogP contribution < -0.4 is 14.4 Å². The molecule has 0 aliphatic rings. The number of pyridine rings is 1. The second kappa shape index (κ2) is 16.1. The van der Waals surface area contributed by atoms with Crippen molar-refractivity contribution < 1.29 is 31.8 Å². The van der Waals surface area contributed by atoms with Gasteiger partial charge in [-0.2, -0.15) is 13.2 Å². The van der Waals surface area contributed by atoms with E-state index in [1.807, 2.05) is 43.4 Å². The summed E-state index contributed by atoms with van der Waals surface area (Å²) in [6.45, 7) is 0.953. The van der Waals surface area contributed by atoms with Crippen LogP contribution in [-0.2, 0) is 15.3 Å². The molecule has 1 heterocycles. The Morgan fingerprint density at radius 2 is 1.29 bits per heavy atom. The van der Waals surface area contributed by atoms with Crippen molar-refractivity contribution in [3.8, 4) is 22.6 Å². The first-order valence-electron chi connectivity index (χ1n) is 16.3. The zero-order valence-corrected chi connectivity index (χ0v) is 32.8. The second-order valence-electron chi connectivity index (χ2n) is 13.2. The second-order valence-corrected chi connectivity index (χ2v) is 19.9. The van der Waals surface area contributed by atoms with Crippen LogP contribution in [0.1, 0.15) is 16.9 Å². The van der Waals surface area contributed by atoms with Crippen LogP contribution >= 0.6 is 14.9 Å². The fraction of sp³-hybridized carbons (Fsp3) is 0.417. The van der Waals surface area contributed by atoms with Crippen LogP contribution in [0.25, 0.3) is 22.0 Å². The van der Waals surface area contributed by atoms with Crippen molar-refractivity contribution in [2.75, 3.05) is 94.8 Å². The molecular formula is C36H49F3N6O4P2. The molecule has 4 aromatic rings. The normalized spacial score (nSPS) is 13.4. The monoisotopic (exact) mass is 748 g/mol. The lowest BCUT2D eigenvalue weighted by atomic mass is 10.0. The molecule has 0 aliphatic carbocycles. The maximum Gasteiger partial charge on any atom is 0.416 e. The van der Waals surface area contributed by atoms with Gasteiger partial charge in [0, 0.05) is 24.3 Å². The molecule has 278 valence electrons. The van der Waals surface area contributed by atoms with Gasteiger partial charge in [-0.3, -0.25) is 9.13 Å². The van der Waals surface area contributed by atoms with Gasteiger partial charge in [-0.15, -0.1) is 0 Å². The summed E-state index contributed by atoms with van der Waals surface area (Å²) in [5.41, 5.74) is 2.16. The van der Waals surface area contributed by atoms with E-state index in [4.69, 9.17) is 14.5 Å². The van der Waals surface area contributed by atoms with Crippen LogP contribution in [0.2, 0.25) is 0 Å². The minimum Gasteiger partial charge on any atom is -0.495 e. The fourth-order valence-corrected chi connectivity index (χ4v) is 11.8. The molecule has 0 bridgehead atoms. The van der Waals surface area contributed by atoms with Gasteiger partial charge in [0.15, 0.2) is 0 Å². The highest BCUT2D eigenvalue weighted by atomic mass is 31.2. The molecule has 0 saturated heterocycles. The van der Waals surface area contributed by atoms with Crippen LogP contribution in [0.15, 0.2) is 72.8 Å². The Bertz CT molecular complexity index is 1860. The van der Waals surface area contributed by atoms with E-state index in [1.54, 1.807) is 94.3 Å². The first kappa shape index (κ1) is 40.3. The van der Waals surface area contributed by atoms with Crippen molar-refractivity contribution in [2.45, 2.75) is 11.8 Å². The van der Waals surface area contributed by atoms with E-state index in [0.29, 0.717) is 41.4 Å². The molecule has 0 N–H and O–H groups in total. The Hall–Kier alpha value is -3.44. The predicted molar refractivity (Wildman–Crippen MR) is 202 cm³/mol. The summed E-state index contributed by atoms with van der Waals surface area (Å²) < 4.78 is 86.6. The van der Waals surface area contributed by atoms with Gasteiger partial charge in [0.2, 0.25) is 14.9 Å². The summed E-state index contributed by atoms with van der Waals surface area (Å²) in [5.74, 6) is 1.11. The summed E-state index contributed by atoms with van der Waals surface area (Å²) >= 11 is 0. The van der Waals surface area contributed by atoms with Crippen molar-refractivity contribution in [3.05, 3.63) is 84.1 Å². The molecule has 0 aliphatic heterocycles. The number of benzene rings is 3. The van der Waals surface area contributed by atoms with Gasteiger partial charge >= 0.3 is 6.18 Å². The third-order valence-corrected chi connectivity index (χ3v) is 16.2. The van der Waals surface area contributed by atoms with Crippen LogP contribution in [0.4, 0.5) is 18.9 Å². The molecule has 0 fully saturated rings. The van der Waals surface area contributed by atoms with E-state index >= 15 is 0 Å². The number of ether oxygens (including phenoxy) is 2. The lowest BCUT2D eigenvalue weighted by Gasteiger charge is -2.40. The van der Waals surface area contributed by atoms with E-state index in [1.165, 1.54) is 12.1 Å². The standard InChI is InChI=1S/C36H49F3N6O4P2/c1-41(2)50(46,42(3)4)25-34(51(47,43(5)6)44(7)8)35-33(48-10)24-28-23-30(17-20-32(28)40-35)45(9)21-22-49-31-18-13-27(14-19-31)26-11-15-29(16-12-26)36(37,38)39/h11-20,23-24,34H,21-22,25H2,1-10H3. The molecule has 10 nitrogen and oxygen atoms in total. The Labute approximate surface area is 299 Å². The SMILES string of the molecule is COc1cc2cc(N(C)CCOc3ccc(-c4ccc(C(F)(F)F)cc4)cc3)ccc2nc1C(CP(=O)(N(C)C)N(C)C)P(=O)(N(C)C)N(C)C. The van der Waals surface area contributed by atoms with Crippen LogP contribution in [0.5, 0.6) is 11.5 Å². The van der Waals surface area contributed by atoms with Gasteiger partial charge in [-0.05, 0) is 116 Å². The zero-order chi connectivity index (χ0) is 37.9. The zero-order valence-electron chi connectivity index (χ0n) is 31.0. The quantitative estimate of drug-likeness (QED) is 0.111. The van der Waals surface area contributed by atoms with Crippen molar-refractivity contribution in [1.82, 2.24) is 23.7 Å². The van der Waals surface area contributed by atoms with Gasteiger partial charge in [-0.25, -0.2) is 23.7 Å². The molecule has 0 radical (unpaired) electrons. The minimum absolute atomic E-state index is 0.0914. The number of alkyl halides is 3. The molecule has 0 spiro atoms. The van der Waals surface area contributed by atoms with Crippen molar-refractivity contribution >= 4 is 31.5 Å². The maximum absolute atomic E-state index is 14.9. The van der Waals surface area contributed by atoms with E-state index in [-0.39, 0.29) is 6.16 Å². The summed E-state index contributed by atoms with van der Waals surface area (Å²) in [7, 11) is 11.2. The molecule has 1 unspecified atom stereocenters. The average Bonchev–Trinajstić information content (AvgIpc) is 3.08. The Morgan fingerprint density at radius 1 is 0.745 bits per heavy atom. The number of aromatic nitrogens is 1. The molecule has 1 atom stereocenters. The largest absolute Gasteiger partial charge is 0.495 e. The fourth-order valence-electron chi connectivity index (χ4n) is 6.00. The highest BCUT2D eigenvalue weighted by Crippen LogP contribution is 2.68. The van der Waals surface area contributed by atoms with E-state index in [0.717, 1.165) is 28.8 Å². The lowest BCUT2D eigenvalue weighted by Crippen LogP contribution is -2.31. The third-order valence-electron chi connectivity index (χ3n) is 9.08. The average molecular weight is 749 g/mol. The molecule has 3 aromatic carbocycles. The Morgan fingerprint density at radius 3 is 1.78 bits per heavy atom. The molecule has 15 heteroatoms. The molecule has 0 amide bonds. The number of fused-ring (bicyclic) bond motifs is 1. The van der Waals surface area contributed by atoms with E-state index < -0.39 is 32.3 Å². The molecular weight excluding hydrogens is 699 g/mol. The lowest BCUT2D eigenvalue weighted by molar-refractivity contribution is -0.137. The van der Waals surface area contributed by atoms with E-state index in [2.05, 4.69) is 4.90 Å². The molecule has 0 saturated carbocycles. The number of hydrogen-bond acceptors (Lipinski definition) is 6. The van der Waals surface area contributed by atoms with Gasteiger partial charge in [0.05, 0.1) is 36.1 Å². The summed E-state index contributed by atoms with van der Waals surface area (Å²) in [6, 6.07) is 20.1. The highest BCUT2D eigenvalue weighted by molar-refractivity contribution is 7.63. The van der Waals surface area contributed by atoms with Gasteiger partial charge in [-0.1, -0.05) is 24.3 Å². The third kappa shape index (κ3) is 8.79. The summed E-state index contributed by atoms with van der Waals surface area (Å²) in [4.78, 5) is 7.08. The number of likely N-dealkylation sites (N-methyl/N-ethyl adjacent to an activating group) is 1. The predicted octanol–water partition coefficient (Wildman–Crippen LogP) is 8.12. The maximum atomic E-state index is 14.9. The molecule has 1 aromatic heterocycles. The number of rotatable bonds is 15. The highest BCUT2D eigenvalue weighted by Gasteiger charge is 2.46.